The molecule has 4 nitrogen and oxygen atoms in total. The van der Waals surface area contributed by atoms with Gasteiger partial charge in [-0.25, -0.2) is 4.98 Å². The third kappa shape index (κ3) is 2.07. The van der Waals surface area contributed by atoms with Gasteiger partial charge in [-0.15, -0.1) is 0 Å². The van der Waals surface area contributed by atoms with Crippen LogP contribution in [0.2, 0.25) is 0 Å². The molecule has 1 fully saturated rings. The van der Waals surface area contributed by atoms with Crippen molar-refractivity contribution in [3.05, 3.63) is 53.3 Å². The standard InChI is InChI=1S/C21H23N3O/c1-13-4-7-18-16(10-13)17-11-14-5-8-19(23(14)2)21(17)24(18)15-6-9-20(25-3)22-12-15/h4,6-7,9-10,12,14,19H,5,8,11H2,1-3H3. The Kier molecular flexibility index (Phi) is 3.19. The molecule has 0 aliphatic carbocycles. The number of rotatable bonds is 2. The Hall–Kier alpha value is -2.33. The fourth-order valence-corrected chi connectivity index (χ4v) is 4.78. The van der Waals surface area contributed by atoms with Gasteiger partial charge in [0.25, 0.3) is 0 Å². The second kappa shape index (κ2) is 5.33. The molecule has 1 saturated heterocycles. The van der Waals surface area contributed by atoms with Crippen LogP contribution in [0.5, 0.6) is 5.88 Å². The summed E-state index contributed by atoms with van der Waals surface area (Å²) in [5.41, 5.74) is 6.74. The van der Waals surface area contributed by atoms with Crippen molar-refractivity contribution < 1.29 is 4.74 Å². The minimum absolute atomic E-state index is 0.503. The molecule has 0 amide bonds. The van der Waals surface area contributed by atoms with Gasteiger partial charge < -0.3 is 9.30 Å². The molecule has 0 spiro atoms. The average molecular weight is 333 g/mol. The average Bonchev–Trinajstić information content (AvgIpc) is 3.06. The zero-order chi connectivity index (χ0) is 17.1. The molecular formula is C21H23N3O. The molecule has 2 aliphatic rings. The van der Waals surface area contributed by atoms with Crippen molar-refractivity contribution in [1.82, 2.24) is 14.5 Å². The molecule has 2 unspecified atom stereocenters. The highest BCUT2D eigenvalue weighted by atomic mass is 16.5. The van der Waals surface area contributed by atoms with Crippen molar-refractivity contribution in [3.63, 3.8) is 0 Å². The Labute approximate surface area is 148 Å². The molecule has 3 aromatic rings. The lowest BCUT2D eigenvalue weighted by Crippen LogP contribution is -2.34. The minimum Gasteiger partial charge on any atom is -0.481 e. The molecule has 4 heterocycles. The van der Waals surface area contributed by atoms with Crippen LogP contribution in [0.1, 0.15) is 35.7 Å². The summed E-state index contributed by atoms with van der Waals surface area (Å²) in [6.45, 7) is 2.18. The van der Waals surface area contributed by atoms with Crippen LogP contribution >= 0.6 is 0 Å². The fraction of sp³-hybridized carbons (Fsp3) is 0.381. The Morgan fingerprint density at radius 1 is 1.16 bits per heavy atom. The summed E-state index contributed by atoms with van der Waals surface area (Å²) in [6.07, 6.45) is 5.62. The fourth-order valence-electron chi connectivity index (χ4n) is 4.78. The summed E-state index contributed by atoms with van der Waals surface area (Å²) in [6, 6.07) is 12.1. The number of hydrogen-bond donors (Lipinski definition) is 0. The predicted molar refractivity (Wildman–Crippen MR) is 99.6 cm³/mol. The van der Waals surface area contributed by atoms with Crippen LogP contribution in [0.3, 0.4) is 0 Å². The van der Waals surface area contributed by atoms with E-state index in [4.69, 9.17) is 4.74 Å². The van der Waals surface area contributed by atoms with Crippen molar-refractivity contribution in [1.29, 1.82) is 0 Å². The first kappa shape index (κ1) is 15.0. The van der Waals surface area contributed by atoms with E-state index in [0.717, 1.165) is 12.1 Å². The number of ether oxygens (including phenoxy) is 1. The number of aromatic nitrogens is 2. The zero-order valence-corrected chi connectivity index (χ0v) is 15.0. The van der Waals surface area contributed by atoms with Crippen LogP contribution in [0.15, 0.2) is 36.5 Å². The Morgan fingerprint density at radius 2 is 2.04 bits per heavy atom. The molecule has 1 aromatic carbocycles. The van der Waals surface area contributed by atoms with Crippen LogP contribution < -0.4 is 4.74 Å². The molecule has 2 aromatic heterocycles. The zero-order valence-electron chi connectivity index (χ0n) is 15.0. The lowest BCUT2D eigenvalue weighted by molar-refractivity contribution is 0.220. The van der Waals surface area contributed by atoms with E-state index in [2.05, 4.69) is 52.7 Å². The summed E-state index contributed by atoms with van der Waals surface area (Å²) in [7, 11) is 3.94. The largest absolute Gasteiger partial charge is 0.481 e. The molecule has 128 valence electrons. The Balaban J connectivity index is 1.81. The highest BCUT2D eigenvalue weighted by Gasteiger charge is 2.41. The van der Waals surface area contributed by atoms with Crippen molar-refractivity contribution in [2.75, 3.05) is 14.2 Å². The number of likely N-dealkylation sites (N-methyl/N-ethyl adjacent to an activating group) is 1. The molecule has 0 saturated carbocycles. The van der Waals surface area contributed by atoms with E-state index in [9.17, 15) is 0 Å². The van der Waals surface area contributed by atoms with Gasteiger partial charge in [-0.2, -0.15) is 0 Å². The first-order valence-corrected chi connectivity index (χ1v) is 9.03. The van der Waals surface area contributed by atoms with E-state index in [1.165, 1.54) is 35.0 Å². The second-order valence-electron chi connectivity index (χ2n) is 7.40. The van der Waals surface area contributed by atoms with Gasteiger partial charge >= 0.3 is 0 Å². The maximum Gasteiger partial charge on any atom is 0.213 e. The first-order chi connectivity index (χ1) is 12.2. The molecular weight excluding hydrogens is 310 g/mol. The van der Waals surface area contributed by atoms with Gasteiger partial charge in [0.1, 0.15) is 0 Å². The monoisotopic (exact) mass is 333 g/mol. The molecule has 0 N–H and O–H groups in total. The number of benzene rings is 1. The highest BCUT2D eigenvalue weighted by molar-refractivity contribution is 5.88. The van der Waals surface area contributed by atoms with Gasteiger partial charge in [0, 0.05) is 23.2 Å². The topological polar surface area (TPSA) is 30.3 Å². The summed E-state index contributed by atoms with van der Waals surface area (Å²) >= 11 is 0. The number of methoxy groups -OCH3 is 1. The number of aryl methyl sites for hydroxylation is 1. The summed E-state index contributed by atoms with van der Waals surface area (Å²) in [5.74, 6) is 0.656. The number of nitrogens with zero attached hydrogens (tertiary/aromatic N) is 3. The second-order valence-corrected chi connectivity index (χ2v) is 7.40. The molecule has 25 heavy (non-hydrogen) atoms. The van der Waals surface area contributed by atoms with E-state index in [1.54, 1.807) is 12.7 Å². The maximum atomic E-state index is 5.24. The van der Waals surface area contributed by atoms with Crippen molar-refractivity contribution in [2.24, 2.45) is 0 Å². The van der Waals surface area contributed by atoms with E-state index in [1.807, 2.05) is 12.3 Å². The van der Waals surface area contributed by atoms with Crippen LogP contribution in [-0.4, -0.2) is 34.7 Å². The highest BCUT2D eigenvalue weighted by Crippen LogP contribution is 2.47. The molecule has 4 heteroatoms. The van der Waals surface area contributed by atoms with Gasteiger partial charge in [0.15, 0.2) is 0 Å². The van der Waals surface area contributed by atoms with Gasteiger partial charge in [0.05, 0.1) is 30.6 Å². The van der Waals surface area contributed by atoms with Gasteiger partial charge in [-0.05, 0) is 57.0 Å². The van der Waals surface area contributed by atoms with Crippen LogP contribution in [0.25, 0.3) is 16.6 Å². The lowest BCUT2D eigenvalue weighted by Gasteiger charge is -2.32. The quantitative estimate of drug-likeness (QED) is 0.709. The molecule has 2 aliphatic heterocycles. The molecule has 0 radical (unpaired) electrons. The smallest absolute Gasteiger partial charge is 0.213 e. The Bertz CT molecular complexity index is 957. The van der Waals surface area contributed by atoms with Crippen LogP contribution in [-0.2, 0) is 6.42 Å². The molecule has 2 bridgehead atoms. The number of pyridine rings is 1. The van der Waals surface area contributed by atoms with Crippen LogP contribution in [0, 0.1) is 6.92 Å². The van der Waals surface area contributed by atoms with Crippen LogP contribution in [0.4, 0.5) is 0 Å². The molecule has 5 rings (SSSR count). The first-order valence-electron chi connectivity index (χ1n) is 9.03. The third-order valence-electron chi connectivity index (χ3n) is 6.05. The van der Waals surface area contributed by atoms with E-state index >= 15 is 0 Å². The summed E-state index contributed by atoms with van der Waals surface area (Å²) < 4.78 is 7.67. The van der Waals surface area contributed by atoms with Crippen molar-refractivity contribution in [3.8, 4) is 11.6 Å². The summed E-state index contributed by atoms with van der Waals surface area (Å²) in [5, 5.41) is 1.41. The lowest BCUT2D eigenvalue weighted by atomic mass is 9.97. The normalized spacial score (nSPS) is 22.4. The predicted octanol–water partition coefficient (Wildman–Crippen LogP) is 4.03. The van der Waals surface area contributed by atoms with Crippen molar-refractivity contribution in [2.45, 2.75) is 38.3 Å². The Morgan fingerprint density at radius 3 is 2.80 bits per heavy atom. The van der Waals surface area contributed by atoms with Gasteiger partial charge in [-0.1, -0.05) is 11.6 Å². The van der Waals surface area contributed by atoms with Crippen molar-refractivity contribution >= 4 is 10.9 Å². The minimum atomic E-state index is 0.503. The number of hydrogen-bond acceptors (Lipinski definition) is 3. The SMILES string of the molecule is COc1ccc(-n2c3c(c4cc(C)ccc42)CC2CCC3N2C)cn1. The van der Waals surface area contributed by atoms with E-state index < -0.39 is 0 Å². The van der Waals surface area contributed by atoms with Gasteiger partial charge in [0.2, 0.25) is 5.88 Å². The van der Waals surface area contributed by atoms with E-state index in [-0.39, 0.29) is 0 Å². The third-order valence-corrected chi connectivity index (χ3v) is 6.05. The van der Waals surface area contributed by atoms with Gasteiger partial charge in [-0.3, -0.25) is 4.90 Å². The maximum absolute atomic E-state index is 5.24. The summed E-state index contributed by atoms with van der Waals surface area (Å²) in [4.78, 5) is 7.02. The molecule has 2 atom stereocenters. The van der Waals surface area contributed by atoms with E-state index in [0.29, 0.717) is 18.0 Å². The number of fused-ring (bicyclic) bond motifs is 6.